The molecule has 0 aromatic heterocycles. The lowest BCUT2D eigenvalue weighted by atomic mass is 10.1. The summed E-state index contributed by atoms with van der Waals surface area (Å²) in [6.07, 6.45) is -4.35. The van der Waals surface area contributed by atoms with E-state index in [4.69, 9.17) is 0 Å². The van der Waals surface area contributed by atoms with Crippen LogP contribution in [0.4, 0.5) is 18.9 Å². The molecule has 0 aliphatic rings. The predicted molar refractivity (Wildman–Crippen MR) is 63.9 cm³/mol. The number of hydrogen-bond donors (Lipinski definition) is 1. The normalized spacial score (nSPS) is 9.94. The van der Waals surface area contributed by atoms with Crippen LogP contribution in [0.5, 0.6) is 0 Å². The number of benzene rings is 1. The van der Waals surface area contributed by atoms with E-state index in [-0.39, 0.29) is 20.8 Å². The van der Waals surface area contributed by atoms with Gasteiger partial charge in [0.1, 0.15) is 0 Å². The molecule has 5 heteroatoms. The van der Waals surface area contributed by atoms with Gasteiger partial charge in [0.2, 0.25) is 5.91 Å². The van der Waals surface area contributed by atoms with E-state index in [1.807, 2.05) is 0 Å². The van der Waals surface area contributed by atoms with Crippen LogP contribution in [-0.4, -0.2) is 5.91 Å². The molecule has 1 amide bonds. The Labute approximate surface area is 99.8 Å². The van der Waals surface area contributed by atoms with Gasteiger partial charge in [0.15, 0.2) is 0 Å². The molecule has 0 fully saturated rings. The van der Waals surface area contributed by atoms with Gasteiger partial charge in [-0.3, -0.25) is 4.79 Å². The third kappa shape index (κ3) is 4.89. The fourth-order valence-electron chi connectivity index (χ4n) is 1.17. The van der Waals surface area contributed by atoms with Gasteiger partial charge < -0.3 is 5.32 Å². The Bertz CT molecular complexity index is 386. The Morgan fingerprint density at radius 3 is 2.12 bits per heavy atom. The second-order valence-corrected chi connectivity index (χ2v) is 3.21. The minimum Gasteiger partial charge on any atom is -0.326 e. The van der Waals surface area contributed by atoms with E-state index < -0.39 is 11.7 Å². The summed E-state index contributed by atoms with van der Waals surface area (Å²) in [7, 11) is 0. The molecule has 0 atom stereocenters. The maximum atomic E-state index is 12.3. The molecule has 0 bridgehead atoms. The van der Waals surface area contributed by atoms with Gasteiger partial charge in [-0.1, -0.05) is 14.9 Å². The number of alkyl halides is 3. The monoisotopic (exact) mass is 249 g/mol. The van der Waals surface area contributed by atoms with Crippen molar-refractivity contribution in [3.8, 4) is 0 Å². The number of aryl methyl sites for hydroxylation is 1. The highest BCUT2D eigenvalue weighted by molar-refractivity contribution is 5.89. The highest BCUT2D eigenvalue weighted by Crippen LogP contribution is 2.31. The first-order valence-corrected chi connectivity index (χ1v) is 4.26. The molecule has 0 radical (unpaired) electrons. The van der Waals surface area contributed by atoms with Crippen molar-refractivity contribution < 1.29 is 18.0 Å². The quantitative estimate of drug-likeness (QED) is 0.792. The third-order valence-corrected chi connectivity index (χ3v) is 1.86. The molecule has 1 aromatic rings. The van der Waals surface area contributed by atoms with Crippen molar-refractivity contribution in [2.45, 2.75) is 34.9 Å². The number of halogens is 3. The van der Waals surface area contributed by atoms with E-state index in [1.165, 1.54) is 19.9 Å². The van der Waals surface area contributed by atoms with E-state index in [1.54, 1.807) is 0 Å². The summed E-state index contributed by atoms with van der Waals surface area (Å²) in [5, 5.41) is 2.45. The van der Waals surface area contributed by atoms with Gasteiger partial charge in [-0.2, -0.15) is 13.2 Å². The summed E-state index contributed by atoms with van der Waals surface area (Å²) in [6.45, 7) is 2.82. The third-order valence-electron chi connectivity index (χ3n) is 1.86. The van der Waals surface area contributed by atoms with Crippen LogP contribution in [0.3, 0.4) is 0 Å². The molecule has 0 saturated heterocycles. The van der Waals surface area contributed by atoms with E-state index in [0.29, 0.717) is 11.3 Å². The zero-order chi connectivity index (χ0) is 11.6. The van der Waals surface area contributed by atoms with Crippen LogP contribution in [0.1, 0.15) is 32.9 Å². The number of anilines is 1. The van der Waals surface area contributed by atoms with Crippen LogP contribution in [0.15, 0.2) is 18.2 Å². The van der Waals surface area contributed by atoms with Gasteiger partial charge in [-0.25, -0.2) is 0 Å². The number of hydrogen-bond acceptors (Lipinski definition) is 1. The summed E-state index contributed by atoms with van der Waals surface area (Å²) in [5.41, 5.74) is 0.0737. The summed E-state index contributed by atoms with van der Waals surface area (Å²) < 4.78 is 36.8. The van der Waals surface area contributed by atoms with E-state index in [9.17, 15) is 18.0 Å². The fraction of sp³-hybridized carbons (Fsp3) is 0.417. The van der Waals surface area contributed by atoms with Crippen LogP contribution in [0.2, 0.25) is 0 Å². The van der Waals surface area contributed by atoms with Crippen molar-refractivity contribution in [3.05, 3.63) is 29.3 Å². The Hall–Kier alpha value is -1.52. The lowest BCUT2D eigenvalue weighted by molar-refractivity contribution is -0.137. The van der Waals surface area contributed by atoms with Crippen LogP contribution in [0.25, 0.3) is 0 Å². The molecule has 0 saturated carbocycles. The molecule has 1 rings (SSSR count). The van der Waals surface area contributed by atoms with Crippen LogP contribution in [-0.2, 0) is 11.0 Å². The molecule has 0 unspecified atom stereocenters. The maximum Gasteiger partial charge on any atom is 0.416 e. The Morgan fingerprint density at radius 1 is 1.24 bits per heavy atom. The highest BCUT2D eigenvalue weighted by Gasteiger charge is 2.30. The van der Waals surface area contributed by atoms with Crippen LogP contribution < -0.4 is 5.32 Å². The topological polar surface area (TPSA) is 29.1 Å². The number of carbonyl (C=O) groups excluding carboxylic acids is 1. The number of nitrogens with one attached hydrogen (secondary N) is 1. The number of amides is 1. The molecule has 0 aliphatic carbocycles. The first kappa shape index (κ1) is 17.9. The first-order valence-electron chi connectivity index (χ1n) is 4.26. The summed E-state index contributed by atoms with van der Waals surface area (Å²) in [4.78, 5) is 10.7. The van der Waals surface area contributed by atoms with Crippen molar-refractivity contribution in [2.24, 2.45) is 0 Å². The van der Waals surface area contributed by atoms with E-state index in [2.05, 4.69) is 5.32 Å². The summed E-state index contributed by atoms with van der Waals surface area (Å²) in [5.74, 6) is -0.308. The molecule has 1 N–H and O–H groups in total. The van der Waals surface area contributed by atoms with Gasteiger partial charge in [-0.15, -0.1) is 0 Å². The first-order chi connectivity index (χ1) is 6.80. The maximum absolute atomic E-state index is 12.3. The van der Waals surface area contributed by atoms with E-state index >= 15 is 0 Å². The standard InChI is InChI=1S/C10H10F3NO.2CH4/c1-6-5-8(10(11,12)13)3-4-9(6)14-7(2)15;;/h3-5H,1-2H3,(H,14,15);2*1H4. The van der Waals surface area contributed by atoms with Gasteiger partial charge >= 0.3 is 6.18 Å². The largest absolute Gasteiger partial charge is 0.416 e. The molecule has 17 heavy (non-hydrogen) atoms. The van der Waals surface area contributed by atoms with Crippen molar-refractivity contribution in [3.63, 3.8) is 0 Å². The van der Waals surface area contributed by atoms with Gasteiger partial charge in [0.05, 0.1) is 5.56 Å². The Balaban J connectivity index is 0. The van der Waals surface area contributed by atoms with Crippen molar-refractivity contribution >= 4 is 11.6 Å². The van der Waals surface area contributed by atoms with Crippen molar-refractivity contribution in [2.75, 3.05) is 5.32 Å². The minimum atomic E-state index is -4.35. The molecule has 2 nitrogen and oxygen atoms in total. The number of carbonyl (C=O) groups is 1. The second kappa shape index (κ2) is 6.27. The molecule has 1 aromatic carbocycles. The SMILES string of the molecule is C.C.CC(=O)Nc1ccc(C(F)(F)F)cc1C. The Kier molecular flexibility index (Phi) is 6.59. The molecule has 0 spiro atoms. The van der Waals surface area contributed by atoms with Gasteiger partial charge in [0.25, 0.3) is 0 Å². The summed E-state index contributed by atoms with van der Waals surface area (Å²) >= 11 is 0. The van der Waals surface area contributed by atoms with Crippen LogP contribution in [0, 0.1) is 6.92 Å². The lowest BCUT2D eigenvalue weighted by Gasteiger charge is -2.10. The zero-order valence-electron chi connectivity index (χ0n) is 8.27. The fourth-order valence-corrected chi connectivity index (χ4v) is 1.17. The molecule has 0 heterocycles. The van der Waals surface area contributed by atoms with Gasteiger partial charge in [0, 0.05) is 12.6 Å². The van der Waals surface area contributed by atoms with Crippen molar-refractivity contribution in [1.82, 2.24) is 0 Å². The Morgan fingerprint density at radius 2 is 1.76 bits per heavy atom. The number of rotatable bonds is 1. The minimum absolute atomic E-state index is 0. The average molecular weight is 249 g/mol. The van der Waals surface area contributed by atoms with Crippen molar-refractivity contribution in [1.29, 1.82) is 0 Å². The second-order valence-electron chi connectivity index (χ2n) is 3.21. The molecule has 98 valence electrons. The molecular formula is C12H18F3NO. The zero-order valence-corrected chi connectivity index (χ0v) is 8.27. The van der Waals surface area contributed by atoms with Crippen LogP contribution >= 0.6 is 0 Å². The van der Waals surface area contributed by atoms with E-state index in [0.717, 1.165) is 12.1 Å². The molecular weight excluding hydrogens is 231 g/mol. The van der Waals surface area contributed by atoms with Gasteiger partial charge in [-0.05, 0) is 30.7 Å². The smallest absolute Gasteiger partial charge is 0.326 e. The average Bonchev–Trinajstić information content (AvgIpc) is 2.05. The molecule has 0 aliphatic heterocycles. The summed E-state index contributed by atoms with van der Waals surface area (Å²) in [6, 6.07) is 3.20. The lowest BCUT2D eigenvalue weighted by Crippen LogP contribution is -2.09. The highest BCUT2D eigenvalue weighted by atomic mass is 19.4. The predicted octanol–water partition coefficient (Wildman–Crippen LogP) is 4.24.